The molecule has 1 aliphatic rings. The minimum absolute atomic E-state index is 0.0735. The maximum absolute atomic E-state index is 13.1. The minimum Gasteiger partial charge on any atom is -0.368 e. The quantitative estimate of drug-likeness (QED) is 0.282. The van der Waals surface area contributed by atoms with E-state index in [0.717, 1.165) is 27.9 Å². The number of aryl methyl sites for hydroxylation is 1. The molecule has 2 unspecified atom stereocenters. The zero-order valence-corrected chi connectivity index (χ0v) is 22.8. The Bertz CT molecular complexity index is 1610. The van der Waals surface area contributed by atoms with Crippen LogP contribution in [0.5, 0.6) is 0 Å². The van der Waals surface area contributed by atoms with Gasteiger partial charge in [0.1, 0.15) is 0 Å². The van der Waals surface area contributed by atoms with Crippen molar-refractivity contribution in [3.63, 3.8) is 0 Å². The molecule has 0 spiro atoms. The highest BCUT2D eigenvalue weighted by molar-refractivity contribution is 6.04. The van der Waals surface area contributed by atoms with Gasteiger partial charge in [0, 0.05) is 35.4 Å². The molecule has 4 aromatic rings. The summed E-state index contributed by atoms with van der Waals surface area (Å²) in [4.78, 5) is 17.4. The number of rotatable bonds is 8. The monoisotopic (exact) mass is 529 g/mol. The molecule has 1 N–H and O–H groups in total. The molecule has 2 heterocycles. The summed E-state index contributed by atoms with van der Waals surface area (Å²) < 4.78 is 8.05. The highest BCUT2D eigenvalue weighted by Gasteiger charge is 2.24. The van der Waals surface area contributed by atoms with Crippen LogP contribution in [-0.4, -0.2) is 28.0 Å². The molecule has 40 heavy (non-hydrogen) atoms. The van der Waals surface area contributed by atoms with Crippen molar-refractivity contribution in [3.05, 3.63) is 125 Å². The molecule has 1 amide bonds. The van der Waals surface area contributed by atoms with Crippen LogP contribution < -0.4 is 5.32 Å². The number of carbonyl (C=O) groups is 1. The highest BCUT2D eigenvalue weighted by atomic mass is 16.5. The molecule has 5 rings (SSSR count). The molecule has 0 bridgehead atoms. The van der Waals surface area contributed by atoms with E-state index in [4.69, 9.17) is 4.74 Å². The number of hydrogen-bond acceptors (Lipinski definition) is 5. The largest absolute Gasteiger partial charge is 0.368 e. The first-order chi connectivity index (χ1) is 19.3. The standard InChI is InChI=1S/C33H31N5O2/c1-23-12-13-28(37-32(39)25-10-7-11-27(16-25)33(2,3)22-34)17-30(23)38-20-26(18-36-38)29-19-35-15-14-31(29)40-21-24-8-5-4-6-9-24/h4-20,29,31H,21H2,1-3H3,(H,37,39). The van der Waals surface area contributed by atoms with E-state index in [1.165, 1.54) is 0 Å². The Kier molecular flexibility index (Phi) is 7.72. The number of carbonyl (C=O) groups excluding carboxylic acids is 1. The maximum Gasteiger partial charge on any atom is 0.255 e. The van der Waals surface area contributed by atoms with Crippen LogP contribution in [0.2, 0.25) is 0 Å². The number of nitrogens with zero attached hydrogens (tertiary/aromatic N) is 4. The molecular weight excluding hydrogens is 498 g/mol. The maximum atomic E-state index is 13.1. The van der Waals surface area contributed by atoms with E-state index < -0.39 is 5.41 Å². The van der Waals surface area contributed by atoms with Gasteiger partial charge in [-0.05, 0) is 67.8 Å². The predicted molar refractivity (Wildman–Crippen MR) is 157 cm³/mol. The summed E-state index contributed by atoms with van der Waals surface area (Å²) in [5.74, 6) is -0.314. The Morgan fingerprint density at radius 3 is 2.73 bits per heavy atom. The predicted octanol–water partition coefficient (Wildman–Crippen LogP) is 6.50. The Labute approximate surface area is 234 Å². The number of nitrogens with one attached hydrogen (secondary N) is 1. The van der Waals surface area contributed by atoms with Gasteiger partial charge < -0.3 is 10.1 Å². The van der Waals surface area contributed by atoms with Crippen LogP contribution >= 0.6 is 0 Å². The van der Waals surface area contributed by atoms with Crippen LogP contribution in [0.4, 0.5) is 5.69 Å². The van der Waals surface area contributed by atoms with Crippen LogP contribution in [-0.2, 0) is 16.8 Å². The third kappa shape index (κ3) is 5.93. The van der Waals surface area contributed by atoms with Gasteiger partial charge in [-0.15, -0.1) is 0 Å². The van der Waals surface area contributed by atoms with Gasteiger partial charge >= 0.3 is 0 Å². The fourth-order valence-corrected chi connectivity index (χ4v) is 4.57. The van der Waals surface area contributed by atoms with Crippen molar-refractivity contribution in [2.24, 2.45) is 4.99 Å². The van der Waals surface area contributed by atoms with E-state index >= 15 is 0 Å². The number of anilines is 1. The van der Waals surface area contributed by atoms with Gasteiger partial charge in [0.25, 0.3) is 5.91 Å². The molecular formula is C33H31N5O2. The Morgan fingerprint density at radius 2 is 1.93 bits per heavy atom. The second-order valence-corrected chi connectivity index (χ2v) is 10.4. The molecule has 3 aromatic carbocycles. The molecule has 0 aliphatic carbocycles. The van der Waals surface area contributed by atoms with E-state index in [0.29, 0.717) is 17.9 Å². The van der Waals surface area contributed by atoms with Gasteiger partial charge in [0.15, 0.2) is 0 Å². The normalized spacial score (nSPS) is 16.4. The van der Waals surface area contributed by atoms with E-state index in [9.17, 15) is 10.1 Å². The van der Waals surface area contributed by atoms with Crippen LogP contribution in [0, 0.1) is 18.3 Å². The lowest BCUT2D eigenvalue weighted by atomic mass is 9.85. The molecule has 2 atom stereocenters. The number of amides is 1. The molecule has 0 radical (unpaired) electrons. The van der Waals surface area contributed by atoms with Gasteiger partial charge in [-0.1, -0.05) is 48.5 Å². The SMILES string of the molecule is Cc1ccc(NC(=O)c2cccc(C(C)(C)C#N)c2)cc1-n1cc(C2C=NC=CC2OCc2ccccc2)cn1. The fourth-order valence-electron chi connectivity index (χ4n) is 4.57. The third-order valence-corrected chi connectivity index (χ3v) is 7.07. The molecule has 7 heteroatoms. The minimum atomic E-state index is -0.685. The van der Waals surface area contributed by atoms with Crippen molar-refractivity contribution < 1.29 is 9.53 Å². The van der Waals surface area contributed by atoms with Gasteiger partial charge in [0.05, 0.1) is 42.0 Å². The van der Waals surface area contributed by atoms with E-state index in [-0.39, 0.29) is 17.9 Å². The second-order valence-electron chi connectivity index (χ2n) is 10.4. The second kappa shape index (κ2) is 11.5. The van der Waals surface area contributed by atoms with Crippen molar-refractivity contribution in [1.82, 2.24) is 9.78 Å². The summed E-state index contributed by atoms with van der Waals surface area (Å²) in [5, 5.41) is 17.1. The first kappa shape index (κ1) is 26.8. The average Bonchev–Trinajstić information content (AvgIpc) is 3.48. The van der Waals surface area contributed by atoms with Crippen LogP contribution in [0.1, 0.15) is 52.4 Å². The molecule has 200 valence electrons. The zero-order chi connectivity index (χ0) is 28.1. The molecule has 0 saturated carbocycles. The number of nitriles is 1. The lowest BCUT2D eigenvalue weighted by molar-refractivity contribution is 0.0663. The van der Waals surface area contributed by atoms with Gasteiger partial charge in [0.2, 0.25) is 0 Å². The number of hydrogen-bond donors (Lipinski definition) is 1. The van der Waals surface area contributed by atoms with E-state index in [2.05, 4.69) is 21.5 Å². The smallest absolute Gasteiger partial charge is 0.255 e. The topological polar surface area (TPSA) is 92.3 Å². The highest BCUT2D eigenvalue weighted by Crippen LogP contribution is 2.28. The molecule has 0 fully saturated rings. The summed E-state index contributed by atoms with van der Waals surface area (Å²) in [6.45, 7) is 6.18. The number of benzene rings is 3. The van der Waals surface area contributed by atoms with Gasteiger partial charge in [-0.25, -0.2) is 4.68 Å². The number of aromatic nitrogens is 2. The molecule has 0 saturated heterocycles. The molecule has 1 aromatic heterocycles. The van der Waals surface area contributed by atoms with Crippen molar-refractivity contribution >= 4 is 17.8 Å². The lowest BCUT2D eigenvalue weighted by Gasteiger charge is -2.23. The number of aliphatic imine (C=N–C) groups is 1. The average molecular weight is 530 g/mol. The van der Waals surface area contributed by atoms with Crippen LogP contribution in [0.3, 0.4) is 0 Å². The first-order valence-corrected chi connectivity index (χ1v) is 13.2. The first-order valence-electron chi connectivity index (χ1n) is 13.2. The van der Waals surface area contributed by atoms with Crippen molar-refractivity contribution in [1.29, 1.82) is 5.26 Å². The lowest BCUT2D eigenvalue weighted by Crippen LogP contribution is -2.23. The third-order valence-electron chi connectivity index (χ3n) is 7.07. The van der Waals surface area contributed by atoms with Crippen LogP contribution in [0.25, 0.3) is 5.69 Å². The van der Waals surface area contributed by atoms with Crippen molar-refractivity contribution in [2.75, 3.05) is 5.32 Å². The summed E-state index contributed by atoms with van der Waals surface area (Å²) in [7, 11) is 0. The Morgan fingerprint density at radius 1 is 1.10 bits per heavy atom. The summed E-state index contributed by atoms with van der Waals surface area (Å²) in [5.41, 5.74) is 5.22. The Balaban J connectivity index is 1.33. The summed E-state index contributed by atoms with van der Waals surface area (Å²) in [6.07, 6.45) is 9.28. The Hall–Kier alpha value is -4.80. The molecule has 1 aliphatic heterocycles. The van der Waals surface area contributed by atoms with Crippen molar-refractivity contribution in [2.45, 2.75) is 44.8 Å². The molecule has 7 nitrogen and oxygen atoms in total. The summed E-state index contributed by atoms with van der Waals surface area (Å²) in [6, 6.07) is 25.3. The number of ether oxygens (including phenoxy) is 1. The fraction of sp³-hybridized carbons (Fsp3) is 0.212. The van der Waals surface area contributed by atoms with E-state index in [1.807, 2.05) is 105 Å². The zero-order valence-electron chi connectivity index (χ0n) is 22.8. The van der Waals surface area contributed by atoms with E-state index in [1.54, 1.807) is 24.4 Å². The van der Waals surface area contributed by atoms with Gasteiger partial charge in [-0.3, -0.25) is 9.79 Å². The van der Waals surface area contributed by atoms with Crippen molar-refractivity contribution in [3.8, 4) is 11.8 Å². The van der Waals surface area contributed by atoms with Gasteiger partial charge in [-0.2, -0.15) is 10.4 Å². The van der Waals surface area contributed by atoms with Crippen LogP contribution in [0.15, 0.2) is 102 Å². The summed E-state index contributed by atoms with van der Waals surface area (Å²) >= 11 is 0.